The number of benzene rings is 2. The number of rotatable bonds is 4. The quantitative estimate of drug-likeness (QED) is 0.656. The second kappa shape index (κ2) is 11.1. The van der Waals surface area contributed by atoms with Crippen molar-refractivity contribution in [3.8, 4) is 5.69 Å². The van der Waals surface area contributed by atoms with E-state index in [9.17, 15) is 18.8 Å². The molecule has 1 aliphatic rings. The van der Waals surface area contributed by atoms with Gasteiger partial charge in [-0.2, -0.15) is 0 Å². The number of oxazole rings is 1. The third-order valence-electron chi connectivity index (χ3n) is 4.61. The average molecular weight is 445 g/mol. The van der Waals surface area contributed by atoms with Crippen LogP contribution in [0.15, 0.2) is 51.7 Å². The highest BCUT2D eigenvalue weighted by Gasteiger charge is 2.32. The summed E-state index contributed by atoms with van der Waals surface area (Å²) in [5, 5.41) is 2.64. The van der Waals surface area contributed by atoms with Crippen molar-refractivity contribution in [2.45, 2.75) is 33.8 Å². The average Bonchev–Trinajstić information content (AvgIpc) is 3.33. The van der Waals surface area contributed by atoms with Crippen LogP contribution in [0.3, 0.4) is 0 Å². The van der Waals surface area contributed by atoms with Gasteiger partial charge in [0.15, 0.2) is 5.58 Å². The molecule has 1 unspecified atom stereocenters. The lowest BCUT2D eigenvalue weighted by Crippen LogP contribution is -2.33. The number of aromatic nitrogens is 1. The summed E-state index contributed by atoms with van der Waals surface area (Å²) in [5.74, 6) is -0.642. The summed E-state index contributed by atoms with van der Waals surface area (Å²) in [6, 6.07) is 12.5. The second-order valence-corrected chi connectivity index (χ2v) is 6.74. The lowest BCUT2D eigenvalue weighted by Gasteiger charge is -2.14. The zero-order valence-electron chi connectivity index (χ0n) is 18.8. The monoisotopic (exact) mass is 445 g/mol. The molecule has 1 aromatic heterocycles. The van der Waals surface area contributed by atoms with Crippen LogP contribution in [0.1, 0.15) is 26.3 Å². The first-order chi connectivity index (χ1) is 15.4. The normalized spacial score (nSPS) is 14.8. The number of cyclic esters (lactones) is 1. The van der Waals surface area contributed by atoms with E-state index < -0.39 is 18.0 Å². The molecule has 8 nitrogen and oxygen atoms in total. The molecular weight excluding hydrogens is 417 g/mol. The van der Waals surface area contributed by atoms with E-state index in [0.29, 0.717) is 36.2 Å². The Bertz CT molecular complexity index is 1120. The van der Waals surface area contributed by atoms with Crippen LogP contribution in [0, 0.1) is 6.92 Å². The van der Waals surface area contributed by atoms with Crippen LogP contribution in [0.5, 0.6) is 0 Å². The summed E-state index contributed by atoms with van der Waals surface area (Å²) < 4.78 is 21.6. The maximum atomic E-state index is 12.3. The maximum absolute atomic E-state index is 12.3. The number of hydrogen-bond acceptors (Lipinski definition) is 5. The van der Waals surface area contributed by atoms with Gasteiger partial charge in [-0.3, -0.25) is 14.1 Å². The van der Waals surface area contributed by atoms with Crippen molar-refractivity contribution in [2.75, 3.05) is 25.2 Å². The maximum Gasteiger partial charge on any atom is 0.424 e. The van der Waals surface area contributed by atoms with E-state index in [1.807, 2.05) is 32.9 Å². The molecule has 1 N–H and O–H groups in total. The molecule has 172 valence electrons. The van der Waals surface area contributed by atoms with E-state index in [1.165, 1.54) is 16.4 Å². The minimum Gasteiger partial charge on any atom is -0.442 e. The van der Waals surface area contributed by atoms with E-state index in [1.54, 1.807) is 30.3 Å². The number of aryl methyl sites for hydroxylation is 1. The third kappa shape index (κ3) is 5.35. The number of hydrogen-bond donors (Lipinski definition) is 1. The number of alkyl halides is 1. The Morgan fingerprint density at radius 1 is 1.09 bits per heavy atom. The molecule has 0 bridgehead atoms. The third-order valence-corrected chi connectivity index (χ3v) is 4.61. The summed E-state index contributed by atoms with van der Waals surface area (Å²) >= 11 is 0. The van der Waals surface area contributed by atoms with Gasteiger partial charge in [0, 0.05) is 12.6 Å². The molecule has 0 radical (unpaired) electrons. The van der Waals surface area contributed by atoms with E-state index in [4.69, 9.17) is 9.15 Å². The summed E-state index contributed by atoms with van der Waals surface area (Å²) in [6.45, 7) is 7.97. The molecule has 32 heavy (non-hydrogen) atoms. The van der Waals surface area contributed by atoms with Crippen LogP contribution in [0.4, 0.5) is 14.9 Å². The SMILES string of the molecule is CC.CC(=O)NCC1CN(c2ccc(-n3c(=O)oc4ccc(C)cc43)cc2)C(=O)O1.CF. The fourth-order valence-corrected chi connectivity index (χ4v) is 3.25. The van der Waals surface area contributed by atoms with Crippen LogP contribution in [0.25, 0.3) is 16.8 Å². The molecule has 0 saturated carbocycles. The van der Waals surface area contributed by atoms with Gasteiger partial charge < -0.3 is 14.5 Å². The van der Waals surface area contributed by atoms with Gasteiger partial charge in [-0.25, -0.2) is 14.2 Å². The first-order valence-electron chi connectivity index (χ1n) is 10.3. The number of anilines is 1. The van der Waals surface area contributed by atoms with E-state index >= 15 is 0 Å². The molecule has 4 rings (SSSR count). The van der Waals surface area contributed by atoms with E-state index in [-0.39, 0.29) is 12.5 Å². The van der Waals surface area contributed by atoms with E-state index in [0.717, 1.165) is 5.56 Å². The summed E-state index contributed by atoms with van der Waals surface area (Å²) in [6.07, 6.45) is -0.871. The van der Waals surface area contributed by atoms with Crippen molar-refractivity contribution in [3.63, 3.8) is 0 Å². The fraction of sp³-hybridized carbons (Fsp3) is 0.348. The molecule has 2 amide bonds. The number of fused-ring (bicyclic) bond motifs is 1. The summed E-state index contributed by atoms with van der Waals surface area (Å²) in [7, 11) is 0.500. The molecule has 1 atom stereocenters. The standard InChI is InChI=1S/C20H19N3O5.C2H6.CH3F/c1-12-3-8-18-17(9-12)23(20(26)28-18)15-6-4-14(5-7-15)22-11-16(27-19(22)25)10-21-13(2)24;2*1-2/h3-9,16H,10-11H2,1-2H3,(H,21,24);1-2H3;1H3. The lowest BCUT2D eigenvalue weighted by atomic mass is 10.2. The number of amides is 2. The van der Waals surface area contributed by atoms with Crippen molar-refractivity contribution in [1.29, 1.82) is 0 Å². The zero-order chi connectivity index (χ0) is 23.8. The second-order valence-electron chi connectivity index (χ2n) is 6.74. The highest BCUT2D eigenvalue weighted by atomic mass is 19.1. The first-order valence-corrected chi connectivity index (χ1v) is 10.3. The number of nitrogens with one attached hydrogen (secondary N) is 1. The minimum absolute atomic E-state index is 0.174. The van der Waals surface area contributed by atoms with Crippen molar-refractivity contribution < 1.29 is 23.1 Å². The largest absolute Gasteiger partial charge is 0.442 e. The van der Waals surface area contributed by atoms with Crippen molar-refractivity contribution >= 4 is 28.8 Å². The van der Waals surface area contributed by atoms with Crippen LogP contribution in [-0.2, 0) is 9.53 Å². The Morgan fingerprint density at radius 3 is 2.34 bits per heavy atom. The Balaban J connectivity index is 0.000000860. The molecule has 0 aliphatic carbocycles. The lowest BCUT2D eigenvalue weighted by molar-refractivity contribution is -0.119. The van der Waals surface area contributed by atoms with Gasteiger partial charge in [-0.15, -0.1) is 0 Å². The molecule has 2 heterocycles. The van der Waals surface area contributed by atoms with Gasteiger partial charge in [0.05, 0.1) is 31.5 Å². The predicted molar refractivity (Wildman–Crippen MR) is 121 cm³/mol. The Labute approximate surface area is 185 Å². The fourth-order valence-electron chi connectivity index (χ4n) is 3.25. The first kappa shape index (κ1) is 24.6. The van der Waals surface area contributed by atoms with Gasteiger partial charge >= 0.3 is 11.8 Å². The van der Waals surface area contributed by atoms with Gasteiger partial charge in [0.1, 0.15) is 6.10 Å². The Kier molecular flexibility index (Phi) is 8.57. The molecule has 9 heteroatoms. The molecule has 1 aliphatic heterocycles. The molecule has 3 aromatic rings. The van der Waals surface area contributed by atoms with Crippen LogP contribution in [-0.4, -0.2) is 42.9 Å². The highest BCUT2D eigenvalue weighted by molar-refractivity contribution is 5.90. The Morgan fingerprint density at radius 2 is 1.72 bits per heavy atom. The number of carbonyl (C=O) groups excluding carboxylic acids is 2. The number of nitrogens with zero attached hydrogens (tertiary/aromatic N) is 2. The van der Waals surface area contributed by atoms with Crippen molar-refractivity contribution in [3.05, 3.63) is 58.6 Å². The van der Waals surface area contributed by atoms with Crippen LogP contribution < -0.4 is 16.0 Å². The van der Waals surface area contributed by atoms with Gasteiger partial charge in [0.25, 0.3) is 0 Å². The number of halogens is 1. The Hall–Kier alpha value is -3.62. The summed E-state index contributed by atoms with van der Waals surface area (Å²) in [4.78, 5) is 36.9. The molecule has 0 spiro atoms. The topological polar surface area (TPSA) is 93.8 Å². The molecular formula is C23H28FN3O5. The van der Waals surface area contributed by atoms with Gasteiger partial charge in [-0.05, 0) is 48.9 Å². The smallest absolute Gasteiger partial charge is 0.424 e. The summed E-state index contributed by atoms with van der Waals surface area (Å²) in [5.41, 5.74) is 3.51. The number of ether oxygens (including phenoxy) is 1. The van der Waals surface area contributed by atoms with Crippen LogP contribution >= 0.6 is 0 Å². The van der Waals surface area contributed by atoms with Crippen molar-refractivity contribution in [2.24, 2.45) is 0 Å². The number of carbonyl (C=O) groups is 2. The minimum atomic E-state index is -0.468. The molecule has 1 fully saturated rings. The molecule has 1 saturated heterocycles. The zero-order valence-corrected chi connectivity index (χ0v) is 18.8. The van der Waals surface area contributed by atoms with Gasteiger partial charge in [0.2, 0.25) is 5.91 Å². The molecule has 2 aromatic carbocycles. The van der Waals surface area contributed by atoms with Crippen LogP contribution in [0.2, 0.25) is 0 Å². The highest BCUT2D eigenvalue weighted by Crippen LogP contribution is 2.24. The van der Waals surface area contributed by atoms with E-state index in [2.05, 4.69) is 5.32 Å². The van der Waals surface area contributed by atoms with Gasteiger partial charge in [-0.1, -0.05) is 19.9 Å². The predicted octanol–water partition coefficient (Wildman–Crippen LogP) is 3.97. The van der Waals surface area contributed by atoms with Crippen molar-refractivity contribution in [1.82, 2.24) is 9.88 Å².